The summed E-state index contributed by atoms with van der Waals surface area (Å²) >= 11 is 0. The lowest BCUT2D eigenvalue weighted by Crippen LogP contribution is -2.53. The largest absolute Gasteiger partial charge is 0.493 e. The summed E-state index contributed by atoms with van der Waals surface area (Å²) in [5.74, 6) is 0. The monoisotopic (exact) mass is 322 g/mol. The van der Waals surface area contributed by atoms with E-state index in [2.05, 4.69) is 10.3 Å². The van der Waals surface area contributed by atoms with Crippen molar-refractivity contribution < 1.29 is 19.5 Å². The molecule has 2 heterocycles. The van der Waals surface area contributed by atoms with Crippen molar-refractivity contribution in [1.29, 1.82) is 0 Å². The van der Waals surface area contributed by atoms with Gasteiger partial charge in [0.1, 0.15) is 6.10 Å². The van der Waals surface area contributed by atoms with Gasteiger partial charge >= 0.3 is 7.12 Å². The fourth-order valence-electron chi connectivity index (χ4n) is 2.31. The molecule has 0 unspecified atom stereocenters. The van der Waals surface area contributed by atoms with Crippen molar-refractivity contribution in [3.05, 3.63) is 23.5 Å². The Morgan fingerprint density at radius 1 is 1.39 bits per heavy atom. The van der Waals surface area contributed by atoms with E-state index in [0.29, 0.717) is 12.1 Å². The molecule has 1 fully saturated rings. The van der Waals surface area contributed by atoms with Crippen LogP contribution in [-0.2, 0) is 9.39 Å². The second-order valence-electron chi connectivity index (χ2n) is 7.07. The molecule has 1 aromatic rings. The summed E-state index contributed by atoms with van der Waals surface area (Å²) in [5, 5.41) is 23.7. The molecule has 6 nitrogen and oxygen atoms in total. The van der Waals surface area contributed by atoms with E-state index in [1.807, 2.05) is 13.0 Å². The molecule has 1 atom stereocenters. The second-order valence-corrected chi connectivity index (χ2v) is 7.07. The van der Waals surface area contributed by atoms with Crippen LogP contribution >= 0.6 is 0 Å². The summed E-state index contributed by atoms with van der Waals surface area (Å²) < 4.78 is 11.4. The van der Waals surface area contributed by atoms with Gasteiger partial charge in [-0.1, -0.05) is 6.07 Å². The Labute approximate surface area is 138 Å². The number of ether oxygens (including phenoxy) is 1. The van der Waals surface area contributed by atoms with E-state index >= 15 is 0 Å². The first kappa shape index (κ1) is 18.4. The van der Waals surface area contributed by atoms with Crippen LogP contribution in [0.5, 0.6) is 0 Å². The maximum Gasteiger partial charge on any atom is 0.493 e. The predicted octanol–water partition coefficient (Wildman–Crippen LogP) is 0.305. The molecule has 1 saturated heterocycles. The molecular weight excluding hydrogens is 295 g/mol. The maximum atomic E-state index is 10.3. The smallest absolute Gasteiger partial charge is 0.423 e. The normalized spacial score (nSPS) is 19.7. The fraction of sp³-hybridized carbons (Fsp3) is 0.688. The van der Waals surface area contributed by atoms with E-state index < -0.39 is 18.3 Å². The van der Waals surface area contributed by atoms with Crippen LogP contribution in [0.15, 0.2) is 12.3 Å². The molecule has 0 bridgehead atoms. The SMILES string of the molecule is Cc1cc(B(O)OC(C)(C)C(C)(C)O)cnc1[C@H]1CNCCO1. The molecule has 1 aromatic heterocycles. The van der Waals surface area contributed by atoms with Gasteiger partial charge in [0.2, 0.25) is 0 Å². The van der Waals surface area contributed by atoms with Gasteiger partial charge in [0.15, 0.2) is 0 Å². The van der Waals surface area contributed by atoms with Gasteiger partial charge in [-0.15, -0.1) is 0 Å². The lowest BCUT2D eigenvalue weighted by molar-refractivity contribution is -0.0982. The first-order valence-electron chi connectivity index (χ1n) is 7.99. The van der Waals surface area contributed by atoms with E-state index in [0.717, 1.165) is 24.3 Å². The van der Waals surface area contributed by atoms with Gasteiger partial charge in [0.05, 0.1) is 23.5 Å². The number of nitrogens with zero attached hydrogens (tertiary/aromatic N) is 1. The Balaban J connectivity index is 2.13. The van der Waals surface area contributed by atoms with Gasteiger partial charge in [0.25, 0.3) is 0 Å². The topological polar surface area (TPSA) is 83.8 Å². The van der Waals surface area contributed by atoms with Crippen LogP contribution in [0.2, 0.25) is 0 Å². The molecule has 0 saturated carbocycles. The number of morpholine rings is 1. The average molecular weight is 322 g/mol. The summed E-state index contributed by atoms with van der Waals surface area (Å²) in [6, 6.07) is 1.85. The quantitative estimate of drug-likeness (QED) is 0.677. The standard InChI is InChI=1S/C16H27BN2O4/c1-11-8-12(17(21)23-16(4,5)15(2,3)20)9-19-14(11)13-10-18-6-7-22-13/h8-9,13,18,20-21H,6-7,10H2,1-5H3/t13-/m1/s1. The number of hydrogen-bond acceptors (Lipinski definition) is 6. The van der Waals surface area contributed by atoms with Crippen molar-refractivity contribution >= 4 is 12.6 Å². The molecule has 0 spiro atoms. The molecule has 128 valence electrons. The zero-order valence-corrected chi connectivity index (χ0v) is 14.6. The first-order valence-corrected chi connectivity index (χ1v) is 7.99. The van der Waals surface area contributed by atoms with E-state index in [9.17, 15) is 10.1 Å². The van der Waals surface area contributed by atoms with Crippen LogP contribution in [0.25, 0.3) is 0 Å². The van der Waals surface area contributed by atoms with Gasteiger partial charge in [0, 0.05) is 24.7 Å². The number of nitrogens with one attached hydrogen (secondary N) is 1. The fourth-order valence-corrected chi connectivity index (χ4v) is 2.31. The van der Waals surface area contributed by atoms with Gasteiger partial charge in [-0.2, -0.15) is 0 Å². The third-order valence-corrected chi connectivity index (χ3v) is 4.54. The maximum absolute atomic E-state index is 10.3. The predicted molar refractivity (Wildman–Crippen MR) is 89.6 cm³/mol. The summed E-state index contributed by atoms with van der Waals surface area (Å²) in [7, 11) is -1.15. The Kier molecular flexibility index (Phi) is 5.48. The number of rotatable bonds is 5. The minimum atomic E-state index is -1.15. The average Bonchev–Trinajstić information content (AvgIpc) is 2.46. The number of pyridine rings is 1. The van der Waals surface area contributed by atoms with Crippen LogP contribution in [0.1, 0.15) is 45.1 Å². The van der Waals surface area contributed by atoms with Crippen LogP contribution in [0.4, 0.5) is 0 Å². The molecule has 3 N–H and O–H groups in total. The molecule has 0 amide bonds. The van der Waals surface area contributed by atoms with Crippen molar-refractivity contribution in [2.24, 2.45) is 0 Å². The molecular formula is C16H27BN2O4. The molecule has 0 radical (unpaired) electrons. The highest BCUT2D eigenvalue weighted by Gasteiger charge is 2.39. The molecule has 1 aliphatic heterocycles. The second kappa shape index (κ2) is 6.87. The van der Waals surface area contributed by atoms with E-state index in [4.69, 9.17) is 9.39 Å². The van der Waals surface area contributed by atoms with Crippen molar-refractivity contribution in [3.63, 3.8) is 0 Å². The molecule has 0 aromatic carbocycles. The lowest BCUT2D eigenvalue weighted by Gasteiger charge is -2.38. The first-order chi connectivity index (χ1) is 10.6. The van der Waals surface area contributed by atoms with Gasteiger partial charge in [-0.05, 0) is 40.2 Å². The zero-order valence-electron chi connectivity index (χ0n) is 14.6. The third kappa shape index (κ3) is 4.30. The Bertz CT molecular complexity index is 539. The molecule has 23 heavy (non-hydrogen) atoms. The molecule has 0 aliphatic carbocycles. The summed E-state index contributed by atoms with van der Waals surface area (Å²) in [4.78, 5) is 4.45. The Hall–Kier alpha value is -0.985. The third-order valence-electron chi connectivity index (χ3n) is 4.54. The summed E-state index contributed by atoms with van der Waals surface area (Å²) in [6.07, 6.45) is 1.54. The van der Waals surface area contributed by atoms with Crippen LogP contribution in [-0.4, -0.2) is 53.1 Å². The van der Waals surface area contributed by atoms with E-state index in [1.54, 1.807) is 33.9 Å². The van der Waals surface area contributed by atoms with Crippen molar-refractivity contribution in [1.82, 2.24) is 10.3 Å². The van der Waals surface area contributed by atoms with Crippen LogP contribution in [0, 0.1) is 6.92 Å². The number of aromatic nitrogens is 1. The molecule has 1 aliphatic rings. The number of aryl methyl sites for hydroxylation is 1. The van der Waals surface area contributed by atoms with Crippen LogP contribution < -0.4 is 10.8 Å². The highest BCUT2D eigenvalue weighted by atomic mass is 16.5. The van der Waals surface area contributed by atoms with Gasteiger partial charge in [-0.3, -0.25) is 4.98 Å². The zero-order chi connectivity index (χ0) is 17.3. The van der Waals surface area contributed by atoms with E-state index in [1.165, 1.54) is 0 Å². The summed E-state index contributed by atoms with van der Waals surface area (Å²) in [6.45, 7) is 11.0. The van der Waals surface area contributed by atoms with Crippen molar-refractivity contribution in [2.45, 2.75) is 51.9 Å². The molecule has 2 rings (SSSR count). The van der Waals surface area contributed by atoms with Gasteiger partial charge in [-0.25, -0.2) is 0 Å². The minimum Gasteiger partial charge on any atom is -0.423 e. The van der Waals surface area contributed by atoms with Crippen LogP contribution in [0.3, 0.4) is 0 Å². The van der Waals surface area contributed by atoms with Crippen molar-refractivity contribution in [2.75, 3.05) is 19.7 Å². The Morgan fingerprint density at radius 3 is 2.61 bits per heavy atom. The Morgan fingerprint density at radius 2 is 2.09 bits per heavy atom. The highest BCUT2D eigenvalue weighted by molar-refractivity contribution is 6.60. The minimum absolute atomic E-state index is 0.0660. The highest BCUT2D eigenvalue weighted by Crippen LogP contribution is 2.25. The number of aliphatic hydroxyl groups is 1. The van der Waals surface area contributed by atoms with Crippen molar-refractivity contribution in [3.8, 4) is 0 Å². The number of hydrogen-bond donors (Lipinski definition) is 3. The molecule has 7 heteroatoms. The van der Waals surface area contributed by atoms with E-state index in [-0.39, 0.29) is 6.10 Å². The lowest BCUT2D eigenvalue weighted by atomic mass is 9.76. The summed E-state index contributed by atoms with van der Waals surface area (Å²) in [5.41, 5.74) is 0.384. The van der Waals surface area contributed by atoms with Gasteiger partial charge < -0.3 is 24.8 Å².